The number of rotatable bonds is 7. The number of aromatic nitrogens is 2. The van der Waals surface area contributed by atoms with Gasteiger partial charge in [-0.3, -0.25) is 4.68 Å². The Balaban J connectivity index is 1.79. The van der Waals surface area contributed by atoms with E-state index in [1.54, 1.807) is 0 Å². The van der Waals surface area contributed by atoms with Crippen LogP contribution in [-0.4, -0.2) is 9.78 Å². The first-order valence-corrected chi connectivity index (χ1v) is 9.94. The van der Waals surface area contributed by atoms with Crippen molar-refractivity contribution in [1.29, 1.82) is 0 Å². The molecule has 0 unspecified atom stereocenters. The average molecular weight is 357 g/mol. The first-order valence-electron chi connectivity index (χ1n) is 9.94. The summed E-state index contributed by atoms with van der Waals surface area (Å²) in [5.41, 5.74) is 8.99. The van der Waals surface area contributed by atoms with Crippen molar-refractivity contribution >= 4 is 17.0 Å². The highest BCUT2D eigenvalue weighted by Crippen LogP contribution is 2.43. The Morgan fingerprint density at radius 1 is 1.26 bits per heavy atom. The average Bonchev–Trinajstić information content (AvgIpc) is 3.45. The molecular formula is C25H28N2. The van der Waals surface area contributed by atoms with Gasteiger partial charge in [-0.1, -0.05) is 42.5 Å². The zero-order chi connectivity index (χ0) is 19.0. The van der Waals surface area contributed by atoms with Gasteiger partial charge in [-0.05, 0) is 73.4 Å². The number of nitrogens with zero attached hydrogens (tertiary/aromatic N) is 2. The second-order valence-electron chi connectivity index (χ2n) is 7.90. The van der Waals surface area contributed by atoms with E-state index in [-0.39, 0.29) is 0 Å². The van der Waals surface area contributed by atoms with E-state index < -0.39 is 0 Å². The van der Waals surface area contributed by atoms with Crippen LogP contribution >= 0.6 is 0 Å². The van der Waals surface area contributed by atoms with Gasteiger partial charge in [0.25, 0.3) is 0 Å². The quantitative estimate of drug-likeness (QED) is 0.433. The summed E-state index contributed by atoms with van der Waals surface area (Å²) in [6.07, 6.45) is 7.76. The molecule has 2 heteroatoms. The monoisotopic (exact) mass is 356 g/mol. The van der Waals surface area contributed by atoms with Gasteiger partial charge in [0.1, 0.15) is 0 Å². The molecule has 1 aliphatic rings. The fraction of sp³-hybridized carbons (Fsp3) is 0.320. The van der Waals surface area contributed by atoms with Gasteiger partial charge in [0.05, 0.1) is 11.2 Å². The molecule has 2 nitrogen and oxygen atoms in total. The van der Waals surface area contributed by atoms with Gasteiger partial charge in [-0.25, -0.2) is 0 Å². The molecule has 0 spiro atoms. The Bertz CT molecular complexity index is 1020. The molecule has 0 aliphatic heterocycles. The topological polar surface area (TPSA) is 17.8 Å². The van der Waals surface area contributed by atoms with Crippen molar-refractivity contribution in [3.8, 4) is 11.1 Å². The Morgan fingerprint density at radius 3 is 2.78 bits per heavy atom. The lowest BCUT2D eigenvalue weighted by molar-refractivity contribution is 0.767. The minimum absolute atomic E-state index is 0.651. The van der Waals surface area contributed by atoms with Crippen LogP contribution in [0.3, 0.4) is 0 Å². The number of aryl methyl sites for hydroxylation is 1. The Morgan fingerprint density at radius 2 is 2.07 bits per heavy atom. The lowest BCUT2D eigenvalue weighted by Gasteiger charge is -2.14. The summed E-state index contributed by atoms with van der Waals surface area (Å²) in [6.45, 7) is 10.2. The van der Waals surface area contributed by atoms with Crippen molar-refractivity contribution in [3.63, 3.8) is 0 Å². The maximum Gasteiger partial charge on any atom is 0.0734 e. The predicted molar refractivity (Wildman–Crippen MR) is 116 cm³/mol. The maximum absolute atomic E-state index is 4.80. The second kappa shape index (κ2) is 7.19. The van der Waals surface area contributed by atoms with Gasteiger partial charge in [0.15, 0.2) is 0 Å². The summed E-state index contributed by atoms with van der Waals surface area (Å²) in [6, 6.07) is 13.4. The fourth-order valence-electron chi connectivity index (χ4n) is 4.03. The van der Waals surface area contributed by atoms with Crippen LogP contribution in [-0.2, 0) is 13.5 Å². The second-order valence-corrected chi connectivity index (χ2v) is 7.90. The summed E-state index contributed by atoms with van der Waals surface area (Å²) in [4.78, 5) is 0. The van der Waals surface area contributed by atoms with Gasteiger partial charge < -0.3 is 0 Å². The van der Waals surface area contributed by atoms with E-state index >= 15 is 0 Å². The standard InChI is InChI=1S/C25H28N2/c1-5-18-9-7-11-22(21(18)10-6-8-17(2)3)20-14-15-24-23(16-20)25(19-12-13-19)26-27(24)4/h5,7,9,11,14-16,19H,1-2,6,8,10,12-13H2,3-4H3. The molecule has 0 atom stereocenters. The maximum atomic E-state index is 4.80. The first-order chi connectivity index (χ1) is 13.1. The van der Waals surface area contributed by atoms with Gasteiger partial charge in [0.2, 0.25) is 0 Å². The molecule has 2 aromatic carbocycles. The molecule has 1 heterocycles. The van der Waals surface area contributed by atoms with Crippen LogP contribution in [0.2, 0.25) is 0 Å². The lowest BCUT2D eigenvalue weighted by Crippen LogP contribution is -1.95. The van der Waals surface area contributed by atoms with E-state index in [0.29, 0.717) is 5.92 Å². The zero-order valence-corrected chi connectivity index (χ0v) is 16.5. The Labute approximate surface area is 162 Å². The van der Waals surface area contributed by atoms with Crippen LogP contribution in [0.25, 0.3) is 28.1 Å². The third-order valence-corrected chi connectivity index (χ3v) is 5.62. The fourth-order valence-corrected chi connectivity index (χ4v) is 4.03. The van der Waals surface area contributed by atoms with E-state index in [9.17, 15) is 0 Å². The van der Waals surface area contributed by atoms with E-state index in [1.807, 2.05) is 10.8 Å². The Hall–Kier alpha value is -2.61. The predicted octanol–water partition coefficient (Wildman–Crippen LogP) is 6.66. The molecule has 0 saturated heterocycles. The smallest absolute Gasteiger partial charge is 0.0734 e. The molecule has 1 saturated carbocycles. The van der Waals surface area contributed by atoms with Crippen LogP contribution < -0.4 is 0 Å². The molecule has 138 valence electrons. The molecule has 1 aromatic heterocycles. The minimum atomic E-state index is 0.651. The largest absolute Gasteiger partial charge is 0.268 e. The van der Waals surface area contributed by atoms with Crippen molar-refractivity contribution in [2.75, 3.05) is 0 Å². The van der Waals surface area contributed by atoms with Crippen LogP contribution in [0.1, 0.15) is 55.3 Å². The lowest BCUT2D eigenvalue weighted by atomic mass is 9.91. The van der Waals surface area contributed by atoms with E-state index in [1.165, 1.54) is 57.3 Å². The van der Waals surface area contributed by atoms with Crippen LogP contribution in [0.4, 0.5) is 0 Å². The summed E-state index contributed by atoms with van der Waals surface area (Å²) in [5.74, 6) is 0.651. The molecule has 1 aliphatic carbocycles. The van der Waals surface area contributed by atoms with E-state index in [0.717, 1.165) is 19.3 Å². The molecule has 3 aromatic rings. The summed E-state index contributed by atoms with van der Waals surface area (Å²) in [5, 5.41) is 6.12. The zero-order valence-electron chi connectivity index (χ0n) is 16.5. The highest BCUT2D eigenvalue weighted by molar-refractivity contribution is 5.88. The van der Waals surface area contributed by atoms with Crippen molar-refractivity contribution < 1.29 is 0 Å². The number of allylic oxidation sites excluding steroid dienone is 1. The SMILES string of the molecule is C=Cc1cccc(-c2ccc3c(c2)c(C2CC2)nn3C)c1CCCC(=C)C. The summed E-state index contributed by atoms with van der Waals surface area (Å²) >= 11 is 0. The summed E-state index contributed by atoms with van der Waals surface area (Å²) < 4.78 is 2.03. The third-order valence-electron chi connectivity index (χ3n) is 5.62. The van der Waals surface area contributed by atoms with E-state index in [4.69, 9.17) is 5.10 Å². The normalized spacial score (nSPS) is 13.9. The molecule has 0 amide bonds. The van der Waals surface area contributed by atoms with Gasteiger partial charge >= 0.3 is 0 Å². The number of hydrogen-bond acceptors (Lipinski definition) is 1. The van der Waals surface area contributed by atoms with Crippen molar-refractivity contribution in [1.82, 2.24) is 9.78 Å². The molecule has 27 heavy (non-hydrogen) atoms. The molecule has 0 bridgehead atoms. The number of hydrogen-bond donors (Lipinski definition) is 0. The molecule has 1 fully saturated rings. The van der Waals surface area contributed by atoms with Crippen LogP contribution in [0.5, 0.6) is 0 Å². The van der Waals surface area contributed by atoms with Gasteiger partial charge in [-0.15, -0.1) is 6.58 Å². The highest BCUT2D eigenvalue weighted by atomic mass is 15.3. The highest BCUT2D eigenvalue weighted by Gasteiger charge is 2.28. The van der Waals surface area contributed by atoms with Crippen LogP contribution in [0.15, 0.2) is 55.1 Å². The molecule has 0 radical (unpaired) electrons. The number of fused-ring (bicyclic) bond motifs is 1. The van der Waals surface area contributed by atoms with Gasteiger partial charge in [0, 0.05) is 18.4 Å². The summed E-state index contributed by atoms with van der Waals surface area (Å²) in [7, 11) is 2.05. The minimum Gasteiger partial charge on any atom is -0.268 e. The number of benzene rings is 2. The van der Waals surface area contributed by atoms with Crippen LogP contribution in [0, 0.1) is 0 Å². The van der Waals surface area contributed by atoms with E-state index in [2.05, 4.69) is 63.5 Å². The molecule has 0 N–H and O–H groups in total. The third kappa shape index (κ3) is 3.49. The Kier molecular flexibility index (Phi) is 4.73. The van der Waals surface area contributed by atoms with Crippen molar-refractivity contribution in [2.45, 2.75) is 44.9 Å². The van der Waals surface area contributed by atoms with Gasteiger partial charge in [-0.2, -0.15) is 5.10 Å². The first kappa shape index (κ1) is 17.8. The van der Waals surface area contributed by atoms with Crippen molar-refractivity contribution in [2.24, 2.45) is 7.05 Å². The molecule has 4 rings (SSSR count). The van der Waals surface area contributed by atoms with Crippen molar-refractivity contribution in [3.05, 3.63) is 72.0 Å². The molecular weight excluding hydrogens is 328 g/mol.